The molecular weight excluding hydrogens is 504 g/mol. The molecule has 0 amide bonds. The van der Waals surface area contributed by atoms with Gasteiger partial charge in [0, 0.05) is 25.7 Å². The molecule has 0 aliphatic carbocycles. The van der Waals surface area contributed by atoms with Gasteiger partial charge >= 0.3 is 0 Å². The third kappa shape index (κ3) is 9.36. The molecule has 1 aromatic carbocycles. The molecule has 0 unspecified atom stereocenters. The van der Waals surface area contributed by atoms with E-state index in [4.69, 9.17) is 37.9 Å². The van der Waals surface area contributed by atoms with Gasteiger partial charge in [-0.05, 0) is 64.5 Å². The largest absolute Gasteiger partial charge is 0.497 e. The predicted molar refractivity (Wildman–Crippen MR) is 146 cm³/mol. The Hall–Kier alpha value is -1.30. The first-order chi connectivity index (χ1) is 18.6. The molecular formula is C30H50O9. The third-order valence-electron chi connectivity index (χ3n) is 7.73. The quantitative estimate of drug-likeness (QED) is 0.306. The Morgan fingerprint density at radius 2 is 1.74 bits per heavy atom. The van der Waals surface area contributed by atoms with Crippen molar-refractivity contribution in [2.75, 3.05) is 34.2 Å². The summed E-state index contributed by atoms with van der Waals surface area (Å²) in [7, 11) is 3.24. The molecule has 9 nitrogen and oxygen atoms in total. The van der Waals surface area contributed by atoms with Gasteiger partial charge < -0.3 is 43.0 Å². The molecule has 2 saturated heterocycles. The molecule has 2 aliphatic rings. The summed E-state index contributed by atoms with van der Waals surface area (Å²) in [5.41, 5.74) is 0.860. The van der Waals surface area contributed by atoms with Crippen LogP contribution in [0.5, 0.6) is 5.75 Å². The van der Waals surface area contributed by atoms with Crippen molar-refractivity contribution in [3.63, 3.8) is 0 Å². The molecule has 2 fully saturated rings. The first-order valence-corrected chi connectivity index (χ1v) is 14.2. The average molecular weight is 555 g/mol. The first kappa shape index (κ1) is 32.2. The maximum Gasteiger partial charge on any atom is 0.184 e. The summed E-state index contributed by atoms with van der Waals surface area (Å²) in [4.78, 5) is 0. The molecule has 2 heterocycles. The monoisotopic (exact) mass is 554 g/mol. The van der Waals surface area contributed by atoms with Crippen LogP contribution in [0.4, 0.5) is 0 Å². The molecule has 0 radical (unpaired) electrons. The fourth-order valence-corrected chi connectivity index (χ4v) is 5.41. The second-order valence-corrected chi connectivity index (χ2v) is 11.3. The van der Waals surface area contributed by atoms with Crippen molar-refractivity contribution < 1.29 is 43.0 Å². The summed E-state index contributed by atoms with van der Waals surface area (Å²) >= 11 is 0. The van der Waals surface area contributed by atoms with Gasteiger partial charge in [0.15, 0.2) is 12.1 Å². The Morgan fingerprint density at radius 1 is 1.03 bits per heavy atom. The average Bonchev–Trinajstić information content (AvgIpc) is 3.25. The van der Waals surface area contributed by atoms with E-state index in [9.17, 15) is 5.11 Å². The minimum atomic E-state index is -0.849. The lowest BCUT2D eigenvalue weighted by Gasteiger charge is -2.43. The van der Waals surface area contributed by atoms with E-state index in [1.54, 1.807) is 14.2 Å². The Morgan fingerprint density at radius 3 is 2.33 bits per heavy atom. The molecule has 1 aromatic rings. The number of rotatable bonds is 15. The zero-order valence-electron chi connectivity index (χ0n) is 25.0. The number of aliphatic hydroxyl groups excluding tert-OH is 1. The molecule has 2 aliphatic heterocycles. The van der Waals surface area contributed by atoms with E-state index in [1.807, 2.05) is 45.0 Å². The maximum absolute atomic E-state index is 11.6. The number of hydrogen-bond donors (Lipinski definition) is 1. The lowest BCUT2D eigenvalue weighted by molar-refractivity contribution is -0.304. The van der Waals surface area contributed by atoms with Gasteiger partial charge in [0.2, 0.25) is 0 Å². The van der Waals surface area contributed by atoms with Crippen LogP contribution in [0.3, 0.4) is 0 Å². The fraction of sp³-hybridized carbons (Fsp3) is 0.800. The maximum atomic E-state index is 11.6. The van der Waals surface area contributed by atoms with Crippen molar-refractivity contribution in [1.82, 2.24) is 0 Å². The minimum absolute atomic E-state index is 0.00936. The topological polar surface area (TPSA) is 94.1 Å². The van der Waals surface area contributed by atoms with Gasteiger partial charge in [-0.2, -0.15) is 0 Å². The van der Waals surface area contributed by atoms with Gasteiger partial charge in [-0.1, -0.05) is 26.0 Å². The molecule has 0 spiro atoms. The Labute approximate surface area is 234 Å². The lowest BCUT2D eigenvalue weighted by atomic mass is 9.87. The standard InChI is InChI=1S/C30H50O9/c1-9-34-21(4)19(2)14-24(35-18-32-7)16-26-27(31)28(20(3)15-25-17-36-30(5,6)39-25)38-29(37-26)22-10-12-23(33-8)13-11-22/h10-13,19-21,24-29,31H,9,14-18H2,1-8H3/t19-,20-,21+,24+,25-,26-,27-,28+,29-/m1/s1. The van der Waals surface area contributed by atoms with Crippen LogP contribution < -0.4 is 4.74 Å². The van der Waals surface area contributed by atoms with Gasteiger partial charge in [0.25, 0.3) is 0 Å². The van der Waals surface area contributed by atoms with Crippen molar-refractivity contribution in [2.24, 2.45) is 11.8 Å². The van der Waals surface area contributed by atoms with Gasteiger partial charge in [-0.15, -0.1) is 0 Å². The molecule has 0 saturated carbocycles. The second kappa shape index (κ2) is 15.1. The van der Waals surface area contributed by atoms with Gasteiger partial charge in [0.05, 0.1) is 44.2 Å². The molecule has 1 N–H and O–H groups in total. The van der Waals surface area contributed by atoms with E-state index in [-0.39, 0.29) is 36.9 Å². The highest BCUT2D eigenvalue weighted by Gasteiger charge is 2.44. The normalized spacial score (nSPS) is 30.0. The van der Waals surface area contributed by atoms with Crippen LogP contribution in [-0.4, -0.2) is 81.7 Å². The number of aliphatic hydroxyl groups is 1. The molecule has 224 valence electrons. The van der Waals surface area contributed by atoms with Crippen LogP contribution in [0, 0.1) is 11.8 Å². The first-order valence-electron chi connectivity index (χ1n) is 14.2. The molecule has 0 bridgehead atoms. The van der Waals surface area contributed by atoms with E-state index < -0.39 is 30.4 Å². The van der Waals surface area contributed by atoms with E-state index in [1.165, 1.54) is 0 Å². The summed E-state index contributed by atoms with van der Waals surface area (Å²) in [5.74, 6) is 0.390. The van der Waals surface area contributed by atoms with Crippen LogP contribution in [-0.2, 0) is 33.2 Å². The molecule has 9 heteroatoms. The van der Waals surface area contributed by atoms with Crippen molar-refractivity contribution >= 4 is 0 Å². The molecule has 3 rings (SSSR count). The van der Waals surface area contributed by atoms with Gasteiger partial charge in [0.1, 0.15) is 18.6 Å². The fourth-order valence-electron chi connectivity index (χ4n) is 5.41. The van der Waals surface area contributed by atoms with E-state index >= 15 is 0 Å². The summed E-state index contributed by atoms with van der Waals surface area (Å²) in [6.45, 7) is 13.5. The van der Waals surface area contributed by atoms with Crippen LogP contribution in [0.25, 0.3) is 0 Å². The summed E-state index contributed by atoms with van der Waals surface area (Å²) in [6, 6.07) is 7.63. The number of hydrogen-bond acceptors (Lipinski definition) is 9. The van der Waals surface area contributed by atoms with Gasteiger partial charge in [-0.3, -0.25) is 0 Å². The number of ether oxygens (including phenoxy) is 8. The highest BCUT2D eigenvalue weighted by molar-refractivity contribution is 5.28. The van der Waals surface area contributed by atoms with Crippen LogP contribution >= 0.6 is 0 Å². The Balaban J connectivity index is 1.79. The highest BCUT2D eigenvalue weighted by atomic mass is 16.7. The van der Waals surface area contributed by atoms with Crippen molar-refractivity contribution in [3.8, 4) is 5.75 Å². The minimum Gasteiger partial charge on any atom is -0.497 e. The highest BCUT2D eigenvalue weighted by Crippen LogP contribution is 2.38. The predicted octanol–water partition coefficient (Wildman–Crippen LogP) is 4.85. The second-order valence-electron chi connectivity index (χ2n) is 11.3. The SMILES string of the molecule is CCO[C@@H](C)[C@H](C)C[C@@H](C[C@H]1O[C@@H](c2ccc(OC)cc2)O[C@@H]([C@H](C)C[C@@H]2COC(C)(C)O2)[C@@H]1O)OCOC. The Bertz CT molecular complexity index is 832. The summed E-state index contributed by atoms with van der Waals surface area (Å²) in [6.07, 6.45) is -0.711. The van der Waals surface area contributed by atoms with E-state index in [0.29, 0.717) is 26.1 Å². The van der Waals surface area contributed by atoms with E-state index in [0.717, 1.165) is 17.7 Å². The zero-order chi connectivity index (χ0) is 28.6. The molecule has 0 aromatic heterocycles. The smallest absolute Gasteiger partial charge is 0.184 e. The number of benzene rings is 1. The van der Waals surface area contributed by atoms with Crippen LogP contribution in [0.1, 0.15) is 72.7 Å². The summed E-state index contributed by atoms with van der Waals surface area (Å²) < 4.78 is 47.1. The van der Waals surface area contributed by atoms with Crippen molar-refractivity contribution in [3.05, 3.63) is 29.8 Å². The third-order valence-corrected chi connectivity index (χ3v) is 7.73. The molecule has 9 atom stereocenters. The van der Waals surface area contributed by atoms with Gasteiger partial charge in [-0.25, -0.2) is 0 Å². The lowest BCUT2D eigenvalue weighted by Crippen LogP contribution is -2.51. The Kier molecular flexibility index (Phi) is 12.5. The van der Waals surface area contributed by atoms with Crippen LogP contribution in [0.2, 0.25) is 0 Å². The van der Waals surface area contributed by atoms with Crippen molar-refractivity contribution in [2.45, 2.75) is 110 Å². The zero-order valence-corrected chi connectivity index (χ0v) is 25.0. The summed E-state index contributed by atoms with van der Waals surface area (Å²) in [5, 5.41) is 11.6. The number of methoxy groups -OCH3 is 2. The van der Waals surface area contributed by atoms with Crippen molar-refractivity contribution in [1.29, 1.82) is 0 Å². The van der Waals surface area contributed by atoms with E-state index in [2.05, 4.69) is 20.8 Å². The molecule has 39 heavy (non-hydrogen) atoms. The van der Waals surface area contributed by atoms with Crippen LogP contribution in [0.15, 0.2) is 24.3 Å².